The molecule has 0 aromatic heterocycles. The summed E-state index contributed by atoms with van der Waals surface area (Å²) in [4.78, 5) is 4.63. The Morgan fingerprint density at radius 3 is 3.42 bits per heavy atom. The fraction of sp³-hybridized carbons (Fsp3) is 0.625. The first-order valence-electron chi connectivity index (χ1n) is 4.17. The number of nitrogens with two attached hydrogens (primary N) is 1. The number of rotatable bonds is 0. The predicted octanol–water partition coefficient (Wildman–Crippen LogP) is 0.233. The van der Waals surface area contributed by atoms with Gasteiger partial charge < -0.3 is 4.74 Å². The Balaban J connectivity index is 2.28. The van der Waals surface area contributed by atoms with Gasteiger partial charge in [0.1, 0.15) is 13.2 Å². The van der Waals surface area contributed by atoms with Crippen molar-refractivity contribution in [2.24, 2.45) is 10.9 Å². The highest BCUT2D eigenvalue weighted by Crippen LogP contribution is 2.26. The lowest BCUT2D eigenvalue weighted by Crippen LogP contribution is -2.85. The van der Waals surface area contributed by atoms with Crippen LogP contribution in [-0.2, 0) is 4.74 Å². The highest BCUT2D eigenvalue weighted by atomic mass is 79.9. The lowest BCUT2D eigenvalue weighted by atomic mass is 10.1. The molecule has 2 unspecified atom stereocenters. The highest BCUT2D eigenvalue weighted by molar-refractivity contribution is 9.09. The molecular formula is C8H12BrN2O+. The van der Waals surface area contributed by atoms with E-state index >= 15 is 0 Å². The van der Waals surface area contributed by atoms with Crippen molar-refractivity contribution < 1.29 is 10.1 Å². The smallest absolute Gasteiger partial charge is 0.263 e. The van der Waals surface area contributed by atoms with Gasteiger partial charge in [0.15, 0.2) is 5.76 Å². The molecule has 2 heterocycles. The van der Waals surface area contributed by atoms with E-state index < -0.39 is 0 Å². The summed E-state index contributed by atoms with van der Waals surface area (Å²) in [5.41, 5.74) is 0. The van der Waals surface area contributed by atoms with E-state index in [0.717, 1.165) is 24.7 Å². The second-order valence-corrected chi connectivity index (χ2v) is 4.12. The molecule has 12 heavy (non-hydrogen) atoms. The number of hydrogen-bond acceptors (Lipinski definition) is 2. The van der Waals surface area contributed by atoms with E-state index in [1.54, 1.807) is 0 Å². The third-order valence-corrected chi connectivity index (χ3v) is 3.38. The van der Waals surface area contributed by atoms with Crippen molar-refractivity contribution in [1.29, 1.82) is 0 Å². The Morgan fingerprint density at radius 2 is 2.58 bits per heavy atom. The topological polar surface area (TPSA) is 38.2 Å². The Morgan fingerprint density at radius 1 is 1.75 bits per heavy atom. The van der Waals surface area contributed by atoms with Crippen LogP contribution in [0.2, 0.25) is 0 Å². The number of aliphatic imine (C=N–C) groups is 1. The minimum atomic E-state index is 0.307. The van der Waals surface area contributed by atoms with Crippen molar-refractivity contribution in [1.82, 2.24) is 0 Å². The largest absolute Gasteiger partial charge is 0.483 e. The first-order valence-corrected chi connectivity index (χ1v) is 5.09. The molecule has 3 nitrogen and oxygen atoms in total. The van der Waals surface area contributed by atoms with Crippen molar-refractivity contribution in [2.45, 2.75) is 11.8 Å². The van der Waals surface area contributed by atoms with E-state index in [0.29, 0.717) is 10.7 Å². The molecule has 0 amide bonds. The van der Waals surface area contributed by atoms with Gasteiger partial charge in [0.05, 0.1) is 4.83 Å². The van der Waals surface area contributed by atoms with Crippen LogP contribution in [0.4, 0.5) is 0 Å². The second-order valence-electron chi connectivity index (χ2n) is 3.13. The summed E-state index contributed by atoms with van der Waals surface area (Å²) < 4.78 is 5.55. The van der Waals surface area contributed by atoms with Crippen molar-refractivity contribution in [3.05, 3.63) is 11.6 Å². The van der Waals surface area contributed by atoms with Crippen LogP contribution in [0.1, 0.15) is 6.92 Å². The monoisotopic (exact) mass is 231 g/mol. The maximum absolute atomic E-state index is 5.55. The van der Waals surface area contributed by atoms with E-state index in [2.05, 4.69) is 33.2 Å². The van der Waals surface area contributed by atoms with Gasteiger partial charge in [-0.25, -0.2) is 4.99 Å². The fourth-order valence-electron chi connectivity index (χ4n) is 1.39. The van der Waals surface area contributed by atoms with E-state index in [1.807, 2.05) is 6.21 Å². The zero-order valence-electron chi connectivity index (χ0n) is 6.96. The molecule has 0 spiro atoms. The van der Waals surface area contributed by atoms with Gasteiger partial charge in [0, 0.05) is 12.1 Å². The third kappa shape index (κ3) is 1.29. The molecule has 0 saturated carbocycles. The number of alkyl halides is 1. The van der Waals surface area contributed by atoms with Crippen LogP contribution in [0, 0.1) is 5.92 Å². The molecule has 0 fully saturated rings. The number of allylic oxidation sites excluding steroid dienone is 1. The quantitative estimate of drug-likeness (QED) is 0.596. The van der Waals surface area contributed by atoms with Gasteiger partial charge in [-0.3, -0.25) is 5.32 Å². The number of quaternary nitrogens is 1. The van der Waals surface area contributed by atoms with Gasteiger partial charge in [0.2, 0.25) is 0 Å². The average molecular weight is 232 g/mol. The van der Waals surface area contributed by atoms with E-state index in [4.69, 9.17) is 4.74 Å². The first kappa shape index (κ1) is 8.26. The minimum absolute atomic E-state index is 0.307. The molecule has 0 saturated heterocycles. The number of halogens is 1. The van der Waals surface area contributed by atoms with Gasteiger partial charge in [-0.2, -0.15) is 0 Å². The zero-order valence-corrected chi connectivity index (χ0v) is 8.54. The molecule has 2 aliphatic heterocycles. The summed E-state index contributed by atoms with van der Waals surface area (Å²) in [7, 11) is 0. The SMILES string of the molecule is CC1C=NC2=C(OCC[NH2+]2)C1Br. The molecule has 2 N–H and O–H groups in total. The van der Waals surface area contributed by atoms with E-state index in [9.17, 15) is 0 Å². The van der Waals surface area contributed by atoms with Crippen molar-refractivity contribution in [2.75, 3.05) is 13.2 Å². The summed E-state index contributed by atoms with van der Waals surface area (Å²) in [6, 6.07) is 0. The molecule has 66 valence electrons. The third-order valence-electron chi connectivity index (χ3n) is 2.13. The van der Waals surface area contributed by atoms with Crippen LogP contribution in [0.3, 0.4) is 0 Å². The molecular weight excluding hydrogens is 220 g/mol. The van der Waals surface area contributed by atoms with Crippen LogP contribution in [0.5, 0.6) is 0 Å². The predicted molar refractivity (Wildman–Crippen MR) is 50.1 cm³/mol. The Kier molecular flexibility index (Phi) is 2.19. The fourth-order valence-corrected chi connectivity index (χ4v) is 1.89. The average Bonchev–Trinajstić information content (AvgIpc) is 2.12. The van der Waals surface area contributed by atoms with Gasteiger partial charge in [-0.05, 0) is 0 Å². The molecule has 2 atom stereocenters. The Labute approximate surface area is 80.0 Å². The van der Waals surface area contributed by atoms with Gasteiger partial charge in [-0.15, -0.1) is 0 Å². The summed E-state index contributed by atoms with van der Waals surface area (Å²) in [6.07, 6.45) is 1.98. The summed E-state index contributed by atoms with van der Waals surface area (Å²) in [5.74, 6) is 2.45. The van der Waals surface area contributed by atoms with Crippen molar-refractivity contribution in [3.8, 4) is 0 Å². The van der Waals surface area contributed by atoms with Crippen LogP contribution in [-0.4, -0.2) is 24.2 Å². The Bertz CT molecular complexity index is 249. The van der Waals surface area contributed by atoms with Gasteiger partial charge in [-0.1, -0.05) is 22.9 Å². The molecule has 4 heteroatoms. The molecule has 0 aromatic rings. The zero-order chi connectivity index (χ0) is 8.55. The number of ether oxygens (including phenoxy) is 1. The maximum Gasteiger partial charge on any atom is 0.263 e. The summed E-state index contributed by atoms with van der Waals surface area (Å²) >= 11 is 3.60. The van der Waals surface area contributed by atoms with Crippen LogP contribution < -0.4 is 5.32 Å². The van der Waals surface area contributed by atoms with Crippen LogP contribution >= 0.6 is 15.9 Å². The molecule has 0 bridgehead atoms. The second kappa shape index (κ2) is 3.18. The number of nitrogens with zero attached hydrogens (tertiary/aromatic N) is 1. The van der Waals surface area contributed by atoms with E-state index in [1.165, 1.54) is 0 Å². The van der Waals surface area contributed by atoms with E-state index in [-0.39, 0.29) is 0 Å². The lowest BCUT2D eigenvalue weighted by molar-refractivity contribution is -0.618. The van der Waals surface area contributed by atoms with Gasteiger partial charge >= 0.3 is 0 Å². The van der Waals surface area contributed by atoms with Crippen molar-refractivity contribution >= 4 is 22.1 Å². The van der Waals surface area contributed by atoms with Crippen LogP contribution in [0.15, 0.2) is 16.6 Å². The Hall–Kier alpha value is -0.350. The molecule has 2 rings (SSSR count). The van der Waals surface area contributed by atoms with Crippen LogP contribution in [0.25, 0.3) is 0 Å². The molecule has 0 aliphatic carbocycles. The molecule has 2 aliphatic rings. The number of hydrogen-bond donors (Lipinski definition) is 1. The standard InChI is InChI=1S/C8H11BrN2O/c1-5-4-11-8-7(6(5)9)12-3-2-10-8/h4-6,10H,2-3H2,1H3/p+1. The maximum atomic E-state index is 5.55. The van der Waals surface area contributed by atoms with Gasteiger partial charge in [0.25, 0.3) is 5.82 Å². The summed E-state index contributed by atoms with van der Waals surface area (Å²) in [5, 5.41) is 2.13. The lowest BCUT2D eigenvalue weighted by Gasteiger charge is -2.25. The van der Waals surface area contributed by atoms with Crippen molar-refractivity contribution in [3.63, 3.8) is 0 Å². The first-order chi connectivity index (χ1) is 5.79. The molecule has 0 radical (unpaired) electrons. The minimum Gasteiger partial charge on any atom is -0.483 e. The summed E-state index contributed by atoms with van der Waals surface area (Å²) in [6.45, 7) is 3.90. The molecule has 0 aromatic carbocycles. The normalized spacial score (nSPS) is 34.5. The highest BCUT2D eigenvalue weighted by Gasteiger charge is 2.30.